The molecule has 3 aromatic carbocycles. The Morgan fingerprint density at radius 1 is 0.727 bits per heavy atom. The van der Waals surface area contributed by atoms with E-state index in [1.54, 1.807) is 0 Å². The zero-order valence-electron chi connectivity index (χ0n) is 12.7. The first-order valence-corrected chi connectivity index (χ1v) is 7.57. The third-order valence-corrected chi connectivity index (χ3v) is 3.78. The number of benzene rings is 3. The van der Waals surface area contributed by atoms with Crippen LogP contribution in [-0.4, -0.2) is 4.57 Å². The molecule has 1 aromatic heterocycles. The molecule has 4 aromatic rings. The number of hydrogen-bond acceptors (Lipinski definition) is 1. The maximum absolute atomic E-state index is 5.86. The molecule has 0 aliphatic rings. The van der Waals surface area contributed by atoms with Crippen molar-refractivity contribution in [3.8, 4) is 0 Å². The van der Waals surface area contributed by atoms with Gasteiger partial charge in [-0.25, -0.2) is 0 Å². The van der Waals surface area contributed by atoms with Crippen LogP contribution < -0.4 is 5.73 Å². The highest BCUT2D eigenvalue weighted by molar-refractivity contribution is 6.08. The van der Waals surface area contributed by atoms with Crippen LogP contribution in [0.4, 0.5) is 5.69 Å². The lowest BCUT2D eigenvalue weighted by atomic mass is 10.1. The van der Waals surface area contributed by atoms with Gasteiger partial charge in [0.05, 0.1) is 0 Å². The molecule has 1 heterocycles. The van der Waals surface area contributed by atoms with Gasteiger partial charge in [-0.2, -0.15) is 0 Å². The minimum atomic E-state index is 0.825. The van der Waals surface area contributed by atoms with Crippen LogP contribution in [0.1, 0.15) is 6.92 Å². The minimum absolute atomic E-state index is 0.825. The van der Waals surface area contributed by atoms with Gasteiger partial charge < -0.3 is 10.3 Å². The monoisotopic (exact) mass is 288 g/mol. The average molecular weight is 288 g/mol. The minimum Gasteiger partial charge on any atom is -0.399 e. The van der Waals surface area contributed by atoms with Crippen LogP contribution in [0.15, 0.2) is 78.9 Å². The smallest absolute Gasteiger partial charge is 0.0492 e. The largest absolute Gasteiger partial charge is 0.399 e. The van der Waals surface area contributed by atoms with Gasteiger partial charge in [0, 0.05) is 34.0 Å². The highest BCUT2D eigenvalue weighted by Gasteiger charge is 2.08. The number of para-hydroxylation sites is 1. The summed E-state index contributed by atoms with van der Waals surface area (Å²) >= 11 is 0. The molecule has 2 heteroatoms. The van der Waals surface area contributed by atoms with Crippen molar-refractivity contribution >= 4 is 27.5 Å². The molecule has 0 saturated carbocycles. The van der Waals surface area contributed by atoms with E-state index in [4.69, 9.17) is 5.73 Å². The van der Waals surface area contributed by atoms with Crippen LogP contribution >= 0.6 is 0 Å². The maximum atomic E-state index is 5.86. The Kier molecular flexibility index (Phi) is 4.10. The second kappa shape index (κ2) is 6.35. The molecular formula is C20H20N2. The summed E-state index contributed by atoms with van der Waals surface area (Å²) in [7, 11) is 0. The third kappa shape index (κ3) is 2.68. The Hall–Kier alpha value is -2.74. The van der Waals surface area contributed by atoms with Crippen molar-refractivity contribution in [2.75, 3.05) is 5.73 Å². The van der Waals surface area contributed by atoms with Gasteiger partial charge in [-0.3, -0.25) is 0 Å². The van der Waals surface area contributed by atoms with Gasteiger partial charge in [-0.05, 0) is 31.2 Å². The van der Waals surface area contributed by atoms with Crippen LogP contribution in [-0.2, 0) is 6.54 Å². The molecule has 0 spiro atoms. The summed E-state index contributed by atoms with van der Waals surface area (Å²) in [5, 5.41) is 2.53. The molecule has 0 aliphatic carbocycles. The van der Waals surface area contributed by atoms with Gasteiger partial charge in [0.2, 0.25) is 0 Å². The quantitative estimate of drug-likeness (QED) is 0.486. The number of fused-ring (bicyclic) bond motifs is 3. The standard InChI is InChI=1S/C14H14N2.C6H6/c1-2-16-13-6-4-3-5-11(13)12-9-10(15)7-8-14(12)16;1-2-4-6-5-3-1/h3-9H,2,15H2,1H3;1-6H. The normalized spacial score (nSPS) is 10.4. The fourth-order valence-electron chi connectivity index (χ4n) is 2.80. The second-order valence-electron chi connectivity index (χ2n) is 5.19. The summed E-state index contributed by atoms with van der Waals surface area (Å²) < 4.78 is 2.32. The first-order valence-electron chi connectivity index (χ1n) is 7.57. The zero-order valence-corrected chi connectivity index (χ0v) is 12.7. The van der Waals surface area contributed by atoms with Crippen molar-refractivity contribution in [1.29, 1.82) is 0 Å². The van der Waals surface area contributed by atoms with Crippen molar-refractivity contribution in [1.82, 2.24) is 4.57 Å². The van der Waals surface area contributed by atoms with E-state index < -0.39 is 0 Å². The number of aromatic nitrogens is 1. The van der Waals surface area contributed by atoms with Gasteiger partial charge in [0.15, 0.2) is 0 Å². The SMILES string of the molecule is CCn1c2ccccc2c2cc(N)ccc21.c1ccccc1. The molecule has 110 valence electrons. The fraction of sp³-hybridized carbons (Fsp3) is 0.100. The van der Waals surface area contributed by atoms with Crippen LogP contribution in [0.3, 0.4) is 0 Å². The van der Waals surface area contributed by atoms with Crippen molar-refractivity contribution in [2.45, 2.75) is 13.5 Å². The van der Waals surface area contributed by atoms with Gasteiger partial charge >= 0.3 is 0 Å². The van der Waals surface area contributed by atoms with E-state index in [1.165, 1.54) is 21.8 Å². The predicted octanol–water partition coefficient (Wildman–Crippen LogP) is 5.08. The van der Waals surface area contributed by atoms with E-state index in [1.807, 2.05) is 42.5 Å². The molecule has 0 atom stereocenters. The molecule has 0 saturated heterocycles. The number of anilines is 1. The van der Waals surface area contributed by atoms with Crippen molar-refractivity contribution in [2.24, 2.45) is 0 Å². The van der Waals surface area contributed by atoms with E-state index in [0.717, 1.165) is 12.2 Å². The molecule has 4 rings (SSSR count). The lowest BCUT2D eigenvalue weighted by Crippen LogP contribution is -1.92. The van der Waals surface area contributed by atoms with Gasteiger partial charge in [0.1, 0.15) is 0 Å². The number of hydrogen-bond donors (Lipinski definition) is 1. The van der Waals surface area contributed by atoms with E-state index in [2.05, 4.69) is 47.9 Å². The molecule has 0 unspecified atom stereocenters. The Morgan fingerprint density at radius 2 is 1.32 bits per heavy atom. The molecule has 0 radical (unpaired) electrons. The number of nitrogen functional groups attached to an aromatic ring is 1. The molecule has 2 N–H and O–H groups in total. The topological polar surface area (TPSA) is 30.9 Å². The highest BCUT2D eigenvalue weighted by Crippen LogP contribution is 2.29. The first kappa shape index (κ1) is 14.2. The summed E-state index contributed by atoms with van der Waals surface area (Å²) in [5.41, 5.74) is 9.23. The summed E-state index contributed by atoms with van der Waals surface area (Å²) in [4.78, 5) is 0. The van der Waals surface area contributed by atoms with Crippen molar-refractivity contribution < 1.29 is 0 Å². The molecule has 0 fully saturated rings. The highest BCUT2D eigenvalue weighted by atomic mass is 15.0. The summed E-state index contributed by atoms with van der Waals surface area (Å²) in [6, 6.07) is 26.6. The number of rotatable bonds is 1. The summed E-state index contributed by atoms with van der Waals surface area (Å²) in [6.07, 6.45) is 0. The van der Waals surface area contributed by atoms with Gasteiger partial charge in [-0.1, -0.05) is 54.6 Å². The maximum Gasteiger partial charge on any atom is 0.0492 e. The van der Waals surface area contributed by atoms with Crippen molar-refractivity contribution in [3.05, 3.63) is 78.9 Å². The lowest BCUT2D eigenvalue weighted by Gasteiger charge is -2.02. The number of aryl methyl sites for hydroxylation is 1. The fourth-order valence-corrected chi connectivity index (χ4v) is 2.80. The van der Waals surface area contributed by atoms with Crippen LogP contribution in [0.2, 0.25) is 0 Å². The zero-order chi connectivity index (χ0) is 15.4. The molecule has 22 heavy (non-hydrogen) atoms. The second-order valence-corrected chi connectivity index (χ2v) is 5.19. The Morgan fingerprint density at radius 3 is 1.95 bits per heavy atom. The Bertz CT molecular complexity index is 849. The van der Waals surface area contributed by atoms with E-state index in [0.29, 0.717) is 0 Å². The first-order chi connectivity index (χ1) is 10.8. The van der Waals surface area contributed by atoms with E-state index in [-0.39, 0.29) is 0 Å². The Labute approximate surface area is 130 Å². The van der Waals surface area contributed by atoms with Gasteiger partial charge in [-0.15, -0.1) is 0 Å². The van der Waals surface area contributed by atoms with Crippen LogP contribution in [0.25, 0.3) is 21.8 Å². The summed E-state index contributed by atoms with van der Waals surface area (Å²) in [5.74, 6) is 0. The van der Waals surface area contributed by atoms with Crippen LogP contribution in [0, 0.1) is 0 Å². The third-order valence-electron chi connectivity index (χ3n) is 3.78. The summed E-state index contributed by atoms with van der Waals surface area (Å²) in [6.45, 7) is 3.15. The van der Waals surface area contributed by atoms with Gasteiger partial charge in [0.25, 0.3) is 0 Å². The molecule has 0 aliphatic heterocycles. The number of nitrogens with two attached hydrogens (primary N) is 1. The lowest BCUT2D eigenvalue weighted by molar-refractivity contribution is 0.827. The predicted molar refractivity (Wildman–Crippen MR) is 96.0 cm³/mol. The van der Waals surface area contributed by atoms with Crippen molar-refractivity contribution in [3.63, 3.8) is 0 Å². The molecule has 0 bridgehead atoms. The molecular weight excluding hydrogens is 268 g/mol. The van der Waals surface area contributed by atoms with E-state index in [9.17, 15) is 0 Å². The number of nitrogens with zero attached hydrogens (tertiary/aromatic N) is 1. The molecule has 0 amide bonds. The Balaban J connectivity index is 0.000000202. The average Bonchev–Trinajstić information content (AvgIpc) is 2.90. The molecule has 2 nitrogen and oxygen atoms in total. The van der Waals surface area contributed by atoms with E-state index >= 15 is 0 Å². The van der Waals surface area contributed by atoms with Crippen LogP contribution in [0.5, 0.6) is 0 Å².